The number of halogens is 3. The number of benzene rings is 2. The van der Waals surface area contributed by atoms with Gasteiger partial charge in [0.25, 0.3) is 5.91 Å². The molecule has 0 unspecified atom stereocenters. The summed E-state index contributed by atoms with van der Waals surface area (Å²) in [6.07, 6.45) is 0. The average Bonchev–Trinajstić information content (AvgIpc) is 2.62. The maximum absolute atomic E-state index is 12.2. The van der Waals surface area contributed by atoms with Gasteiger partial charge in [0.1, 0.15) is 5.82 Å². The summed E-state index contributed by atoms with van der Waals surface area (Å²) in [4.78, 5) is 28.7. The van der Waals surface area contributed by atoms with E-state index in [4.69, 9.17) is 34.8 Å². The second kappa shape index (κ2) is 8.61. The van der Waals surface area contributed by atoms with E-state index in [2.05, 4.69) is 15.6 Å². The van der Waals surface area contributed by atoms with Crippen LogP contribution in [-0.2, 0) is 0 Å². The number of hydrogen-bond acceptors (Lipinski definition) is 3. The average molecular weight is 435 g/mol. The maximum atomic E-state index is 12.2. The normalized spacial score (nSPS) is 10.4. The van der Waals surface area contributed by atoms with Gasteiger partial charge in [0.15, 0.2) is 0 Å². The Hall–Kier alpha value is -2.60. The lowest BCUT2D eigenvalue weighted by molar-refractivity contribution is 0.0967. The molecule has 0 aliphatic rings. The number of urea groups is 1. The molecular formula is C20H14Cl3N3O2. The number of imide groups is 1. The fourth-order valence-corrected chi connectivity index (χ4v) is 3.29. The molecule has 142 valence electrons. The predicted octanol–water partition coefficient (Wildman–Crippen LogP) is 5.98. The van der Waals surface area contributed by atoms with Crippen LogP contribution in [0.1, 0.15) is 16.1 Å². The first-order chi connectivity index (χ1) is 13.3. The van der Waals surface area contributed by atoms with Crippen LogP contribution in [0.25, 0.3) is 11.1 Å². The number of anilines is 1. The highest BCUT2D eigenvalue weighted by atomic mass is 35.5. The topological polar surface area (TPSA) is 71.1 Å². The Morgan fingerprint density at radius 3 is 2.14 bits per heavy atom. The van der Waals surface area contributed by atoms with Gasteiger partial charge >= 0.3 is 6.03 Å². The SMILES string of the molecule is Cc1nc(NC(=O)NC(=O)c2c(Cl)cccc2Cl)ccc1-c1ccc(Cl)cc1. The van der Waals surface area contributed by atoms with E-state index in [1.54, 1.807) is 24.3 Å². The van der Waals surface area contributed by atoms with Crippen molar-refractivity contribution in [2.24, 2.45) is 0 Å². The molecule has 1 aromatic heterocycles. The van der Waals surface area contributed by atoms with Crippen molar-refractivity contribution < 1.29 is 9.59 Å². The zero-order chi connectivity index (χ0) is 20.3. The lowest BCUT2D eigenvalue weighted by Gasteiger charge is -2.11. The fraction of sp³-hybridized carbons (Fsp3) is 0.0500. The van der Waals surface area contributed by atoms with Crippen molar-refractivity contribution in [3.8, 4) is 11.1 Å². The molecule has 0 saturated heterocycles. The summed E-state index contributed by atoms with van der Waals surface area (Å²) in [5, 5.41) is 5.66. The summed E-state index contributed by atoms with van der Waals surface area (Å²) >= 11 is 17.9. The summed E-state index contributed by atoms with van der Waals surface area (Å²) in [5.41, 5.74) is 2.60. The van der Waals surface area contributed by atoms with Crippen LogP contribution in [0.2, 0.25) is 15.1 Å². The standard InChI is InChI=1S/C20H14Cl3N3O2/c1-11-14(12-5-7-13(21)8-6-12)9-10-17(24-11)25-20(28)26-19(27)18-15(22)3-2-4-16(18)23/h2-10H,1H3,(H2,24,25,26,27,28). The molecule has 0 saturated carbocycles. The summed E-state index contributed by atoms with van der Waals surface area (Å²) in [5.74, 6) is -0.409. The van der Waals surface area contributed by atoms with Crippen molar-refractivity contribution >= 4 is 52.6 Å². The minimum absolute atomic E-state index is 0.0307. The first-order valence-corrected chi connectivity index (χ1v) is 9.28. The van der Waals surface area contributed by atoms with Gasteiger partial charge in [-0.25, -0.2) is 9.78 Å². The van der Waals surface area contributed by atoms with Crippen molar-refractivity contribution in [1.82, 2.24) is 10.3 Å². The summed E-state index contributed by atoms with van der Waals surface area (Å²) in [6, 6.07) is 14.7. The number of nitrogens with zero attached hydrogens (tertiary/aromatic N) is 1. The molecule has 2 N–H and O–H groups in total. The predicted molar refractivity (Wildman–Crippen MR) is 112 cm³/mol. The molecule has 5 nitrogen and oxygen atoms in total. The zero-order valence-corrected chi connectivity index (χ0v) is 16.9. The quantitative estimate of drug-likeness (QED) is 0.533. The van der Waals surface area contributed by atoms with Gasteiger partial charge in [-0.2, -0.15) is 0 Å². The van der Waals surface area contributed by atoms with Crippen molar-refractivity contribution in [1.29, 1.82) is 0 Å². The molecule has 0 atom stereocenters. The van der Waals surface area contributed by atoms with Crippen molar-refractivity contribution in [3.05, 3.63) is 80.9 Å². The van der Waals surface area contributed by atoms with Crippen LogP contribution in [0.4, 0.5) is 10.6 Å². The summed E-state index contributed by atoms with van der Waals surface area (Å²) in [6.45, 7) is 1.82. The zero-order valence-electron chi connectivity index (χ0n) is 14.6. The molecule has 28 heavy (non-hydrogen) atoms. The highest BCUT2D eigenvalue weighted by Crippen LogP contribution is 2.26. The van der Waals surface area contributed by atoms with E-state index < -0.39 is 11.9 Å². The summed E-state index contributed by atoms with van der Waals surface area (Å²) in [7, 11) is 0. The van der Waals surface area contributed by atoms with E-state index in [0.29, 0.717) is 16.5 Å². The molecule has 3 amide bonds. The number of hydrogen-bond donors (Lipinski definition) is 2. The Morgan fingerprint density at radius 2 is 1.54 bits per heavy atom. The number of rotatable bonds is 3. The Labute approximate surface area is 176 Å². The minimum Gasteiger partial charge on any atom is -0.292 e. The number of aromatic nitrogens is 1. The Morgan fingerprint density at radius 1 is 0.893 bits per heavy atom. The van der Waals surface area contributed by atoms with Crippen LogP contribution in [0.3, 0.4) is 0 Å². The molecule has 2 aromatic carbocycles. The van der Waals surface area contributed by atoms with Gasteiger partial charge in [-0.15, -0.1) is 0 Å². The van der Waals surface area contributed by atoms with E-state index in [0.717, 1.165) is 11.1 Å². The van der Waals surface area contributed by atoms with Gasteiger partial charge < -0.3 is 0 Å². The van der Waals surface area contributed by atoms with Crippen LogP contribution < -0.4 is 10.6 Å². The Balaban J connectivity index is 1.71. The molecule has 0 spiro atoms. The van der Waals surface area contributed by atoms with Crippen molar-refractivity contribution in [2.45, 2.75) is 6.92 Å². The van der Waals surface area contributed by atoms with E-state index in [1.165, 1.54) is 12.1 Å². The molecule has 0 aliphatic heterocycles. The molecule has 0 radical (unpaired) electrons. The first-order valence-electron chi connectivity index (χ1n) is 8.15. The van der Waals surface area contributed by atoms with Crippen LogP contribution in [0.5, 0.6) is 0 Å². The second-order valence-electron chi connectivity index (χ2n) is 5.84. The van der Waals surface area contributed by atoms with E-state index in [1.807, 2.05) is 25.1 Å². The van der Waals surface area contributed by atoms with Gasteiger partial charge in [-0.05, 0) is 48.9 Å². The molecule has 0 fully saturated rings. The lowest BCUT2D eigenvalue weighted by Crippen LogP contribution is -2.35. The highest BCUT2D eigenvalue weighted by molar-refractivity contribution is 6.40. The molecule has 3 aromatic rings. The van der Waals surface area contributed by atoms with Gasteiger partial charge in [-0.3, -0.25) is 15.4 Å². The first kappa shape index (κ1) is 20.1. The number of aryl methyl sites for hydroxylation is 1. The summed E-state index contributed by atoms with van der Waals surface area (Å²) < 4.78 is 0. The third-order valence-corrected chi connectivity index (χ3v) is 4.78. The lowest BCUT2D eigenvalue weighted by atomic mass is 10.0. The molecule has 3 rings (SSSR count). The minimum atomic E-state index is -0.743. The maximum Gasteiger partial charge on any atom is 0.327 e. The Bertz CT molecular complexity index is 1030. The van der Waals surface area contributed by atoms with Crippen LogP contribution >= 0.6 is 34.8 Å². The molecule has 0 aliphatic carbocycles. The van der Waals surface area contributed by atoms with Gasteiger partial charge in [0.05, 0.1) is 15.6 Å². The molecular weight excluding hydrogens is 421 g/mol. The second-order valence-corrected chi connectivity index (χ2v) is 7.09. The highest BCUT2D eigenvalue weighted by Gasteiger charge is 2.17. The van der Waals surface area contributed by atoms with Crippen molar-refractivity contribution in [2.75, 3.05) is 5.32 Å². The van der Waals surface area contributed by atoms with Crippen LogP contribution in [0.15, 0.2) is 54.6 Å². The number of pyridine rings is 1. The van der Waals surface area contributed by atoms with Gasteiger partial charge in [-0.1, -0.05) is 53.0 Å². The van der Waals surface area contributed by atoms with Crippen LogP contribution in [0, 0.1) is 6.92 Å². The monoisotopic (exact) mass is 433 g/mol. The van der Waals surface area contributed by atoms with Gasteiger partial charge in [0, 0.05) is 16.3 Å². The van der Waals surface area contributed by atoms with E-state index in [-0.39, 0.29) is 15.6 Å². The smallest absolute Gasteiger partial charge is 0.292 e. The number of amides is 3. The fourth-order valence-electron chi connectivity index (χ4n) is 2.59. The van der Waals surface area contributed by atoms with E-state index in [9.17, 15) is 9.59 Å². The van der Waals surface area contributed by atoms with Crippen molar-refractivity contribution in [3.63, 3.8) is 0 Å². The third kappa shape index (κ3) is 4.62. The van der Waals surface area contributed by atoms with E-state index >= 15 is 0 Å². The Kier molecular flexibility index (Phi) is 6.19. The third-order valence-electron chi connectivity index (χ3n) is 3.90. The largest absolute Gasteiger partial charge is 0.327 e. The van der Waals surface area contributed by atoms with Crippen LogP contribution in [-0.4, -0.2) is 16.9 Å². The molecule has 1 heterocycles. The molecule has 8 heteroatoms. The molecule has 0 bridgehead atoms. The number of carbonyl (C=O) groups excluding carboxylic acids is 2. The number of nitrogens with one attached hydrogen (secondary N) is 2. The number of carbonyl (C=O) groups is 2. The van der Waals surface area contributed by atoms with Gasteiger partial charge in [0.2, 0.25) is 0 Å².